The minimum Gasteiger partial charge on any atom is -0.384 e. The number of sulfonamides is 1. The van der Waals surface area contributed by atoms with Gasteiger partial charge in [0.2, 0.25) is 0 Å². The lowest BCUT2D eigenvalue weighted by atomic mass is 9.94. The van der Waals surface area contributed by atoms with Gasteiger partial charge < -0.3 is 5.11 Å². The number of thiazole rings is 1. The fraction of sp³-hybridized carbons (Fsp3) is 0.375. The summed E-state index contributed by atoms with van der Waals surface area (Å²) in [7, 11) is -3.85. The molecule has 0 amide bonds. The molecule has 2 rings (SSSR count). The van der Waals surface area contributed by atoms with Gasteiger partial charge in [-0.2, -0.15) is 0 Å². The van der Waals surface area contributed by atoms with Crippen molar-refractivity contribution in [2.24, 2.45) is 0 Å². The SMILES string of the molecule is CCC(O)(CC)c1csc(NS(=O)(=O)c2cccc(C(C)=O)c2)n1. The van der Waals surface area contributed by atoms with Crippen LogP contribution in [0.1, 0.15) is 49.7 Å². The second kappa shape index (κ2) is 7.00. The molecule has 1 aromatic heterocycles. The molecule has 1 heterocycles. The Kier molecular flexibility index (Phi) is 5.42. The van der Waals surface area contributed by atoms with E-state index in [1.807, 2.05) is 13.8 Å². The highest BCUT2D eigenvalue weighted by Gasteiger charge is 2.28. The molecule has 0 fully saturated rings. The van der Waals surface area contributed by atoms with Gasteiger partial charge in [-0.1, -0.05) is 26.0 Å². The van der Waals surface area contributed by atoms with Crippen LogP contribution in [-0.2, 0) is 15.6 Å². The zero-order chi connectivity index (χ0) is 18.0. The lowest BCUT2D eigenvalue weighted by molar-refractivity contribution is 0.0247. The third-order valence-electron chi connectivity index (χ3n) is 3.92. The second-order valence-corrected chi connectivity index (χ2v) is 8.01. The minimum absolute atomic E-state index is 0.00630. The van der Waals surface area contributed by atoms with Gasteiger partial charge in [-0.25, -0.2) is 13.4 Å². The first kappa shape index (κ1) is 18.6. The van der Waals surface area contributed by atoms with Crippen LogP contribution in [0, 0.1) is 0 Å². The number of hydrogen-bond donors (Lipinski definition) is 2. The fourth-order valence-electron chi connectivity index (χ4n) is 2.20. The van der Waals surface area contributed by atoms with E-state index in [-0.39, 0.29) is 15.8 Å². The fourth-order valence-corrected chi connectivity index (χ4v) is 4.30. The predicted octanol–water partition coefficient (Wildman–Crippen LogP) is 3.15. The van der Waals surface area contributed by atoms with Crippen molar-refractivity contribution in [3.63, 3.8) is 0 Å². The molecule has 0 bridgehead atoms. The molecule has 6 nitrogen and oxygen atoms in total. The zero-order valence-electron chi connectivity index (χ0n) is 13.7. The maximum Gasteiger partial charge on any atom is 0.263 e. The van der Waals surface area contributed by atoms with Crippen LogP contribution >= 0.6 is 11.3 Å². The molecule has 0 aliphatic heterocycles. The number of nitrogens with zero attached hydrogens (tertiary/aromatic N) is 1. The van der Waals surface area contributed by atoms with E-state index in [4.69, 9.17) is 0 Å². The number of carbonyl (C=O) groups is 1. The highest BCUT2D eigenvalue weighted by atomic mass is 32.2. The molecule has 2 aromatic rings. The van der Waals surface area contributed by atoms with Gasteiger partial charge in [0.05, 0.1) is 10.6 Å². The van der Waals surface area contributed by atoms with E-state index in [1.165, 1.54) is 25.1 Å². The monoisotopic (exact) mass is 368 g/mol. The maximum absolute atomic E-state index is 12.5. The Bertz CT molecular complexity index is 839. The lowest BCUT2D eigenvalue weighted by Gasteiger charge is -2.22. The molecule has 0 aliphatic rings. The van der Waals surface area contributed by atoms with Crippen LogP contribution in [0.3, 0.4) is 0 Å². The van der Waals surface area contributed by atoms with Crippen molar-refractivity contribution in [3.05, 3.63) is 40.9 Å². The Labute approximate surface area is 145 Å². The Balaban J connectivity index is 2.29. The molecule has 130 valence electrons. The largest absolute Gasteiger partial charge is 0.384 e. The summed E-state index contributed by atoms with van der Waals surface area (Å²) < 4.78 is 27.3. The predicted molar refractivity (Wildman–Crippen MR) is 93.8 cm³/mol. The first-order valence-corrected chi connectivity index (χ1v) is 9.90. The van der Waals surface area contributed by atoms with Crippen LogP contribution in [-0.4, -0.2) is 24.3 Å². The van der Waals surface area contributed by atoms with Crippen LogP contribution < -0.4 is 4.72 Å². The quantitative estimate of drug-likeness (QED) is 0.732. The van der Waals surface area contributed by atoms with Gasteiger partial charge in [0, 0.05) is 10.9 Å². The number of aliphatic hydroxyl groups is 1. The van der Waals surface area contributed by atoms with E-state index in [0.29, 0.717) is 24.1 Å². The summed E-state index contributed by atoms with van der Waals surface area (Å²) >= 11 is 1.11. The summed E-state index contributed by atoms with van der Waals surface area (Å²) in [6.07, 6.45) is 0.972. The molecule has 0 saturated carbocycles. The van der Waals surface area contributed by atoms with Crippen molar-refractivity contribution in [2.45, 2.75) is 44.1 Å². The number of rotatable bonds is 7. The third-order valence-corrected chi connectivity index (χ3v) is 6.15. The topological polar surface area (TPSA) is 96.4 Å². The highest BCUT2D eigenvalue weighted by Crippen LogP contribution is 2.31. The summed E-state index contributed by atoms with van der Waals surface area (Å²) in [6, 6.07) is 5.82. The summed E-state index contributed by atoms with van der Waals surface area (Å²) in [5.74, 6) is -0.209. The Hall–Kier alpha value is -1.77. The van der Waals surface area contributed by atoms with Gasteiger partial charge in [-0.3, -0.25) is 9.52 Å². The number of ketones is 1. The van der Waals surface area contributed by atoms with E-state index in [1.54, 1.807) is 11.4 Å². The van der Waals surface area contributed by atoms with Gasteiger partial charge in [0.25, 0.3) is 10.0 Å². The number of carbonyl (C=O) groups excluding carboxylic acids is 1. The number of Topliss-reactive ketones (excluding diaryl/α,β-unsaturated/α-hetero) is 1. The Morgan fingerprint density at radius 1 is 1.33 bits per heavy atom. The van der Waals surface area contributed by atoms with Gasteiger partial charge in [0.1, 0.15) is 5.60 Å². The van der Waals surface area contributed by atoms with Gasteiger partial charge >= 0.3 is 0 Å². The maximum atomic E-state index is 12.5. The van der Waals surface area contributed by atoms with Crippen LogP contribution in [0.15, 0.2) is 34.5 Å². The van der Waals surface area contributed by atoms with E-state index < -0.39 is 15.6 Å². The van der Waals surface area contributed by atoms with Crippen molar-refractivity contribution in [1.82, 2.24) is 4.98 Å². The van der Waals surface area contributed by atoms with Crippen molar-refractivity contribution < 1.29 is 18.3 Å². The summed E-state index contributed by atoms with van der Waals surface area (Å²) in [5, 5.41) is 12.3. The average Bonchev–Trinajstić information content (AvgIpc) is 3.02. The number of anilines is 1. The number of aromatic nitrogens is 1. The molecule has 1 aromatic carbocycles. The first-order valence-electron chi connectivity index (χ1n) is 7.54. The van der Waals surface area contributed by atoms with Crippen LogP contribution in [0.4, 0.5) is 5.13 Å². The van der Waals surface area contributed by atoms with Gasteiger partial charge in [-0.05, 0) is 31.9 Å². The Morgan fingerprint density at radius 2 is 2.00 bits per heavy atom. The zero-order valence-corrected chi connectivity index (χ0v) is 15.4. The molecule has 0 saturated heterocycles. The van der Waals surface area contributed by atoms with Crippen LogP contribution in [0.2, 0.25) is 0 Å². The van der Waals surface area contributed by atoms with Gasteiger partial charge in [0.15, 0.2) is 10.9 Å². The van der Waals surface area contributed by atoms with Crippen molar-refractivity contribution >= 4 is 32.3 Å². The molecular formula is C16H20N2O4S2. The lowest BCUT2D eigenvalue weighted by Crippen LogP contribution is -2.24. The minimum atomic E-state index is -3.85. The van der Waals surface area contributed by atoms with E-state index in [9.17, 15) is 18.3 Å². The molecule has 2 N–H and O–H groups in total. The van der Waals surface area contributed by atoms with Crippen LogP contribution in [0.5, 0.6) is 0 Å². The molecule has 0 unspecified atom stereocenters. The summed E-state index contributed by atoms with van der Waals surface area (Å²) in [5.41, 5.74) is -0.286. The number of nitrogens with one attached hydrogen (secondary N) is 1. The molecular weight excluding hydrogens is 348 g/mol. The molecule has 0 atom stereocenters. The van der Waals surface area contributed by atoms with E-state index >= 15 is 0 Å². The van der Waals surface area contributed by atoms with Crippen molar-refractivity contribution in [2.75, 3.05) is 4.72 Å². The number of hydrogen-bond acceptors (Lipinski definition) is 6. The molecule has 24 heavy (non-hydrogen) atoms. The molecule has 0 spiro atoms. The van der Waals surface area contributed by atoms with Crippen LogP contribution in [0.25, 0.3) is 0 Å². The first-order chi connectivity index (χ1) is 11.2. The standard InChI is InChI=1S/C16H20N2O4S2/c1-4-16(20,5-2)14-10-23-15(17-14)18-24(21,22)13-8-6-7-12(9-13)11(3)19/h6-10,20H,4-5H2,1-3H3,(H,17,18). The van der Waals surface area contributed by atoms with Gasteiger partial charge in [-0.15, -0.1) is 11.3 Å². The number of benzene rings is 1. The molecule has 8 heteroatoms. The van der Waals surface area contributed by atoms with E-state index in [2.05, 4.69) is 9.71 Å². The third kappa shape index (κ3) is 3.82. The highest BCUT2D eigenvalue weighted by molar-refractivity contribution is 7.93. The second-order valence-electron chi connectivity index (χ2n) is 5.47. The van der Waals surface area contributed by atoms with Crippen molar-refractivity contribution in [1.29, 1.82) is 0 Å². The average molecular weight is 368 g/mol. The molecule has 0 aliphatic carbocycles. The Morgan fingerprint density at radius 3 is 2.58 bits per heavy atom. The summed E-state index contributed by atoms with van der Waals surface area (Å²) in [4.78, 5) is 15.6. The smallest absolute Gasteiger partial charge is 0.263 e. The van der Waals surface area contributed by atoms with E-state index in [0.717, 1.165) is 11.3 Å². The molecule has 0 radical (unpaired) electrons. The summed E-state index contributed by atoms with van der Waals surface area (Å²) in [6.45, 7) is 5.07. The normalized spacial score (nSPS) is 12.2. The van der Waals surface area contributed by atoms with Crippen molar-refractivity contribution in [3.8, 4) is 0 Å².